The Hall–Kier alpha value is -0.570. The highest BCUT2D eigenvalue weighted by Crippen LogP contribution is 2.18. The SMILES string of the molecule is CC(=O)NC1CCCC1O. The fraction of sp³-hybridized carbons (Fsp3) is 0.857. The second-order valence-electron chi connectivity index (χ2n) is 2.81. The molecule has 3 heteroatoms. The summed E-state index contributed by atoms with van der Waals surface area (Å²) >= 11 is 0. The third-order valence-electron chi connectivity index (χ3n) is 1.87. The molecule has 0 saturated heterocycles. The smallest absolute Gasteiger partial charge is 0.217 e. The van der Waals surface area contributed by atoms with Crippen molar-refractivity contribution < 1.29 is 9.90 Å². The van der Waals surface area contributed by atoms with Crippen molar-refractivity contribution in [3.63, 3.8) is 0 Å². The molecule has 0 aromatic rings. The zero-order valence-electron chi connectivity index (χ0n) is 6.13. The minimum Gasteiger partial charge on any atom is -0.391 e. The quantitative estimate of drug-likeness (QED) is 0.544. The monoisotopic (exact) mass is 143 g/mol. The molecule has 0 aromatic carbocycles. The van der Waals surface area contributed by atoms with Crippen molar-refractivity contribution in [2.45, 2.75) is 38.3 Å². The lowest BCUT2D eigenvalue weighted by atomic mass is 10.2. The van der Waals surface area contributed by atoms with E-state index >= 15 is 0 Å². The van der Waals surface area contributed by atoms with E-state index in [0.717, 1.165) is 19.3 Å². The summed E-state index contributed by atoms with van der Waals surface area (Å²) in [6.45, 7) is 1.48. The molecule has 0 bridgehead atoms. The first-order valence-electron chi connectivity index (χ1n) is 3.65. The molecule has 1 rings (SSSR count). The molecule has 0 heterocycles. The summed E-state index contributed by atoms with van der Waals surface area (Å²) in [6.07, 6.45) is 2.45. The first kappa shape index (κ1) is 7.54. The van der Waals surface area contributed by atoms with Crippen LogP contribution in [0, 0.1) is 0 Å². The average Bonchev–Trinajstić information content (AvgIpc) is 2.15. The number of hydrogen-bond acceptors (Lipinski definition) is 2. The zero-order valence-corrected chi connectivity index (χ0v) is 6.13. The summed E-state index contributed by atoms with van der Waals surface area (Å²) in [5.41, 5.74) is 0. The predicted molar refractivity (Wildman–Crippen MR) is 37.5 cm³/mol. The number of amides is 1. The maximum Gasteiger partial charge on any atom is 0.217 e. The molecule has 1 aliphatic rings. The molecule has 1 saturated carbocycles. The molecule has 2 atom stereocenters. The molecule has 2 unspecified atom stereocenters. The van der Waals surface area contributed by atoms with Crippen molar-refractivity contribution >= 4 is 5.91 Å². The topological polar surface area (TPSA) is 49.3 Å². The lowest BCUT2D eigenvalue weighted by Gasteiger charge is -2.14. The number of carbonyl (C=O) groups excluding carboxylic acids is 1. The van der Waals surface area contributed by atoms with E-state index in [1.54, 1.807) is 0 Å². The van der Waals surface area contributed by atoms with Gasteiger partial charge in [0.15, 0.2) is 0 Å². The van der Waals surface area contributed by atoms with Gasteiger partial charge >= 0.3 is 0 Å². The third kappa shape index (κ3) is 1.70. The van der Waals surface area contributed by atoms with Gasteiger partial charge in [-0.15, -0.1) is 0 Å². The number of nitrogens with one attached hydrogen (secondary N) is 1. The van der Waals surface area contributed by atoms with Gasteiger partial charge in [-0.3, -0.25) is 4.79 Å². The van der Waals surface area contributed by atoms with Gasteiger partial charge in [-0.25, -0.2) is 0 Å². The van der Waals surface area contributed by atoms with Crippen LogP contribution in [0.2, 0.25) is 0 Å². The minimum absolute atomic E-state index is 0.0116. The van der Waals surface area contributed by atoms with Gasteiger partial charge in [0.2, 0.25) is 5.91 Å². The van der Waals surface area contributed by atoms with Crippen molar-refractivity contribution in [2.75, 3.05) is 0 Å². The highest BCUT2D eigenvalue weighted by atomic mass is 16.3. The van der Waals surface area contributed by atoms with Crippen LogP contribution in [0.1, 0.15) is 26.2 Å². The van der Waals surface area contributed by atoms with E-state index in [2.05, 4.69) is 5.32 Å². The maximum absolute atomic E-state index is 10.5. The van der Waals surface area contributed by atoms with Gasteiger partial charge < -0.3 is 10.4 Å². The van der Waals surface area contributed by atoms with Gasteiger partial charge in [0.05, 0.1) is 12.1 Å². The third-order valence-corrected chi connectivity index (χ3v) is 1.87. The van der Waals surface area contributed by atoms with Gasteiger partial charge in [-0.05, 0) is 19.3 Å². The number of carbonyl (C=O) groups is 1. The molecule has 0 aromatic heterocycles. The molecular weight excluding hydrogens is 130 g/mol. The van der Waals surface area contributed by atoms with Crippen LogP contribution in [0.3, 0.4) is 0 Å². The molecule has 0 aliphatic heterocycles. The van der Waals surface area contributed by atoms with Gasteiger partial charge in [-0.1, -0.05) is 0 Å². The van der Waals surface area contributed by atoms with Crippen LogP contribution in [-0.4, -0.2) is 23.2 Å². The first-order chi connectivity index (χ1) is 4.70. The Kier molecular flexibility index (Phi) is 2.27. The second kappa shape index (κ2) is 3.01. The fourth-order valence-corrected chi connectivity index (χ4v) is 1.37. The molecule has 58 valence electrons. The summed E-state index contributed by atoms with van der Waals surface area (Å²) in [7, 11) is 0. The number of rotatable bonds is 1. The molecule has 0 radical (unpaired) electrons. The van der Waals surface area contributed by atoms with Crippen molar-refractivity contribution in [1.82, 2.24) is 5.32 Å². The Morgan fingerprint density at radius 1 is 1.60 bits per heavy atom. The summed E-state index contributed by atoms with van der Waals surface area (Å²) in [5.74, 6) is -0.0500. The molecule has 1 amide bonds. The van der Waals surface area contributed by atoms with E-state index in [9.17, 15) is 9.90 Å². The molecule has 1 fully saturated rings. The van der Waals surface area contributed by atoms with Crippen molar-refractivity contribution in [1.29, 1.82) is 0 Å². The van der Waals surface area contributed by atoms with E-state index in [1.807, 2.05) is 0 Å². The largest absolute Gasteiger partial charge is 0.391 e. The van der Waals surface area contributed by atoms with Crippen molar-refractivity contribution in [2.24, 2.45) is 0 Å². The normalized spacial score (nSPS) is 32.2. The highest BCUT2D eigenvalue weighted by Gasteiger charge is 2.25. The molecule has 0 spiro atoms. The first-order valence-corrected chi connectivity index (χ1v) is 3.65. The molecule has 2 N–H and O–H groups in total. The van der Waals surface area contributed by atoms with E-state index in [4.69, 9.17) is 0 Å². The standard InChI is InChI=1S/C7H13NO2/c1-5(9)8-6-3-2-4-7(6)10/h6-7,10H,2-4H2,1H3,(H,8,9). The van der Waals surface area contributed by atoms with E-state index in [-0.39, 0.29) is 18.1 Å². The highest BCUT2D eigenvalue weighted by molar-refractivity contribution is 5.73. The van der Waals surface area contributed by atoms with Crippen LogP contribution in [0.15, 0.2) is 0 Å². The molecule has 3 nitrogen and oxygen atoms in total. The second-order valence-corrected chi connectivity index (χ2v) is 2.81. The van der Waals surface area contributed by atoms with Gasteiger partial charge in [-0.2, -0.15) is 0 Å². The van der Waals surface area contributed by atoms with Crippen LogP contribution in [0.4, 0.5) is 0 Å². The van der Waals surface area contributed by atoms with Crippen LogP contribution in [0.5, 0.6) is 0 Å². The zero-order chi connectivity index (χ0) is 7.56. The summed E-state index contributed by atoms with van der Waals surface area (Å²) < 4.78 is 0. The van der Waals surface area contributed by atoms with Crippen LogP contribution in [0.25, 0.3) is 0 Å². The van der Waals surface area contributed by atoms with E-state index < -0.39 is 0 Å². The Morgan fingerprint density at radius 2 is 2.30 bits per heavy atom. The lowest BCUT2D eigenvalue weighted by Crippen LogP contribution is -2.38. The van der Waals surface area contributed by atoms with Gasteiger partial charge in [0.25, 0.3) is 0 Å². The summed E-state index contributed by atoms with van der Waals surface area (Å²) in [6, 6.07) is 0.0116. The Bertz CT molecular complexity index is 136. The number of hydrogen-bond donors (Lipinski definition) is 2. The average molecular weight is 143 g/mol. The molecule has 1 aliphatic carbocycles. The predicted octanol–water partition coefficient (Wildman–Crippen LogP) is 0.0359. The van der Waals surface area contributed by atoms with Gasteiger partial charge in [0.1, 0.15) is 0 Å². The summed E-state index contributed by atoms with van der Waals surface area (Å²) in [4.78, 5) is 10.5. The fourth-order valence-electron chi connectivity index (χ4n) is 1.37. The van der Waals surface area contributed by atoms with Crippen molar-refractivity contribution in [3.8, 4) is 0 Å². The van der Waals surface area contributed by atoms with Crippen LogP contribution in [-0.2, 0) is 4.79 Å². The maximum atomic E-state index is 10.5. The Balaban J connectivity index is 2.33. The molecular formula is C7H13NO2. The lowest BCUT2D eigenvalue weighted by molar-refractivity contribution is -0.120. The van der Waals surface area contributed by atoms with Crippen LogP contribution < -0.4 is 5.32 Å². The van der Waals surface area contributed by atoms with E-state index in [1.165, 1.54) is 6.92 Å². The number of aliphatic hydroxyl groups is 1. The Morgan fingerprint density at radius 3 is 2.70 bits per heavy atom. The van der Waals surface area contributed by atoms with Crippen LogP contribution >= 0.6 is 0 Å². The van der Waals surface area contributed by atoms with Gasteiger partial charge in [0, 0.05) is 6.92 Å². The van der Waals surface area contributed by atoms with E-state index in [0.29, 0.717) is 0 Å². The Labute approximate surface area is 60.4 Å². The molecule has 10 heavy (non-hydrogen) atoms. The minimum atomic E-state index is -0.316. The van der Waals surface area contributed by atoms with Crippen molar-refractivity contribution in [3.05, 3.63) is 0 Å². The summed E-state index contributed by atoms with van der Waals surface area (Å²) in [5, 5.41) is 11.9. The number of aliphatic hydroxyl groups excluding tert-OH is 1.